The number of nitrogens with one attached hydrogen (secondary N) is 1. The summed E-state index contributed by atoms with van der Waals surface area (Å²) in [5, 5.41) is 2.65. The Kier molecular flexibility index (Phi) is 3.52. The van der Waals surface area contributed by atoms with Gasteiger partial charge in [0.1, 0.15) is 5.82 Å². The van der Waals surface area contributed by atoms with Gasteiger partial charge in [-0.25, -0.2) is 13.2 Å². The Balaban J connectivity index is 2.75. The van der Waals surface area contributed by atoms with Crippen molar-refractivity contribution in [3.8, 4) is 0 Å². The van der Waals surface area contributed by atoms with E-state index in [4.69, 9.17) is 0 Å². The minimum Gasteiger partial charge on any atom is -0.320 e. The van der Waals surface area contributed by atoms with Crippen molar-refractivity contribution in [1.29, 1.82) is 0 Å². The van der Waals surface area contributed by atoms with Crippen molar-refractivity contribution in [1.82, 2.24) is 5.32 Å². The molecule has 78 valence electrons. The zero-order valence-electron chi connectivity index (χ0n) is 7.86. The molecule has 0 saturated carbocycles. The maximum atomic E-state index is 13.3. The van der Waals surface area contributed by atoms with Crippen LogP contribution in [0.4, 0.5) is 13.2 Å². The second-order valence-electron chi connectivity index (χ2n) is 3.06. The Hall–Kier alpha value is -1.03. The molecule has 0 aromatic heterocycles. The molecule has 1 N–H and O–H groups in total. The summed E-state index contributed by atoms with van der Waals surface area (Å²) in [7, 11) is 1.61. The second-order valence-corrected chi connectivity index (χ2v) is 3.06. The van der Waals surface area contributed by atoms with Gasteiger partial charge in [0, 0.05) is 18.5 Å². The van der Waals surface area contributed by atoms with Crippen molar-refractivity contribution >= 4 is 0 Å². The van der Waals surface area contributed by atoms with E-state index in [0.717, 1.165) is 24.3 Å². The molecule has 0 fully saturated rings. The zero-order valence-corrected chi connectivity index (χ0v) is 7.86. The maximum absolute atomic E-state index is 13.3. The number of alkyl halides is 2. The molecule has 0 spiro atoms. The highest BCUT2D eigenvalue weighted by atomic mass is 19.3. The van der Waals surface area contributed by atoms with Gasteiger partial charge in [0.15, 0.2) is 0 Å². The van der Waals surface area contributed by atoms with Gasteiger partial charge in [-0.15, -0.1) is 0 Å². The average molecular weight is 203 g/mol. The highest BCUT2D eigenvalue weighted by Crippen LogP contribution is 2.30. The van der Waals surface area contributed by atoms with Crippen molar-refractivity contribution in [3.05, 3.63) is 35.6 Å². The van der Waals surface area contributed by atoms with Crippen molar-refractivity contribution in [2.45, 2.75) is 12.3 Å². The molecule has 1 aromatic rings. The molecule has 4 heteroatoms. The Morgan fingerprint density at radius 3 is 2.29 bits per heavy atom. The molecule has 1 nitrogen and oxygen atoms in total. The number of benzene rings is 1. The summed E-state index contributed by atoms with van der Waals surface area (Å²) < 4.78 is 39.1. The average Bonchev–Trinajstić information content (AvgIpc) is 2.16. The molecule has 0 atom stereocenters. The van der Waals surface area contributed by atoms with Crippen LogP contribution in [0.1, 0.15) is 12.0 Å². The van der Waals surface area contributed by atoms with E-state index >= 15 is 0 Å². The van der Waals surface area contributed by atoms with Gasteiger partial charge in [-0.3, -0.25) is 0 Å². The van der Waals surface area contributed by atoms with Gasteiger partial charge < -0.3 is 5.32 Å². The zero-order chi connectivity index (χ0) is 10.6. The first kappa shape index (κ1) is 11.0. The summed E-state index contributed by atoms with van der Waals surface area (Å²) in [6.07, 6.45) is -0.283. The van der Waals surface area contributed by atoms with Gasteiger partial charge in [0.25, 0.3) is 5.92 Å². The summed E-state index contributed by atoms with van der Waals surface area (Å²) in [6, 6.07) is 4.32. The van der Waals surface area contributed by atoms with E-state index in [1.807, 2.05) is 0 Å². The Morgan fingerprint density at radius 2 is 1.79 bits per heavy atom. The van der Waals surface area contributed by atoms with Crippen LogP contribution < -0.4 is 5.32 Å². The van der Waals surface area contributed by atoms with Crippen LogP contribution in [0.5, 0.6) is 0 Å². The lowest BCUT2D eigenvalue weighted by Crippen LogP contribution is -2.20. The molecule has 1 rings (SSSR count). The lowest BCUT2D eigenvalue weighted by molar-refractivity contribution is -0.0124. The first-order chi connectivity index (χ1) is 6.56. The lowest BCUT2D eigenvalue weighted by Gasteiger charge is -2.16. The molecule has 14 heavy (non-hydrogen) atoms. The fourth-order valence-corrected chi connectivity index (χ4v) is 1.12. The first-order valence-corrected chi connectivity index (χ1v) is 4.35. The predicted octanol–water partition coefficient (Wildman–Crippen LogP) is 2.53. The van der Waals surface area contributed by atoms with Gasteiger partial charge >= 0.3 is 0 Å². The topological polar surface area (TPSA) is 12.0 Å². The molecule has 0 amide bonds. The Morgan fingerprint density at radius 1 is 1.21 bits per heavy atom. The molecular formula is C10H12F3N. The van der Waals surface area contributed by atoms with E-state index < -0.39 is 11.7 Å². The third-order valence-corrected chi connectivity index (χ3v) is 1.96. The van der Waals surface area contributed by atoms with Gasteiger partial charge in [-0.2, -0.15) is 0 Å². The Labute approximate surface area is 80.9 Å². The minimum atomic E-state index is -2.89. The van der Waals surface area contributed by atoms with Gasteiger partial charge in [0.05, 0.1) is 0 Å². The summed E-state index contributed by atoms with van der Waals surface area (Å²) in [6.45, 7) is 0.227. The summed E-state index contributed by atoms with van der Waals surface area (Å²) >= 11 is 0. The molecule has 0 aliphatic carbocycles. The van der Waals surface area contributed by atoms with E-state index in [9.17, 15) is 13.2 Å². The van der Waals surface area contributed by atoms with E-state index in [1.54, 1.807) is 7.05 Å². The summed E-state index contributed by atoms with van der Waals surface area (Å²) in [5.41, 5.74) is -0.144. The second kappa shape index (κ2) is 4.46. The number of rotatable bonds is 4. The summed E-state index contributed by atoms with van der Waals surface area (Å²) in [4.78, 5) is 0. The highest BCUT2D eigenvalue weighted by molar-refractivity contribution is 5.20. The third kappa shape index (κ3) is 2.73. The molecule has 0 radical (unpaired) electrons. The molecule has 0 bridgehead atoms. The van der Waals surface area contributed by atoms with Gasteiger partial charge in [-0.05, 0) is 19.2 Å². The molecule has 1 aromatic carbocycles. The van der Waals surface area contributed by atoms with Crippen LogP contribution in [0.2, 0.25) is 0 Å². The molecule has 0 aliphatic rings. The van der Waals surface area contributed by atoms with Crippen LogP contribution in [0.15, 0.2) is 24.3 Å². The molecular weight excluding hydrogens is 191 g/mol. The van der Waals surface area contributed by atoms with E-state index in [1.165, 1.54) is 0 Å². The monoisotopic (exact) mass is 203 g/mol. The van der Waals surface area contributed by atoms with Crippen LogP contribution >= 0.6 is 0 Å². The number of hydrogen-bond acceptors (Lipinski definition) is 1. The molecule has 0 aliphatic heterocycles. The predicted molar refractivity (Wildman–Crippen MR) is 48.8 cm³/mol. The van der Waals surface area contributed by atoms with E-state index in [0.29, 0.717) is 0 Å². The molecule has 0 unspecified atom stereocenters. The normalized spacial score (nSPS) is 11.7. The van der Waals surface area contributed by atoms with Crippen LogP contribution in [-0.2, 0) is 5.92 Å². The van der Waals surface area contributed by atoms with Crippen LogP contribution in [0.3, 0.4) is 0 Å². The van der Waals surface area contributed by atoms with Gasteiger partial charge in [0.2, 0.25) is 0 Å². The standard InChI is InChI=1S/C10H12F3N/c1-14-7-6-10(12,13)8-2-4-9(11)5-3-8/h2-5,14H,6-7H2,1H3. The van der Waals surface area contributed by atoms with Crippen LogP contribution in [0.25, 0.3) is 0 Å². The fourth-order valence-electron chi connectivity index (χ4n) is 1.12. The van der Waals surface area contributed by atoms with Gasteiger partial charge in [-0.1, -0.05) is 12.1 Å². The minimum absolute atomic E-state index is 0.144. The molecule has 0 saturated heterocycles. The highest BCUT2D eigenvalue weighted by Gasteiger charge is 2.30. The van der Waals surface area contributed by atoms with Crippen molar-refractivity contribution in [3.63, 3.8) is 0 Å². The van der Waals surface area contributed by atoms with Crippen molar-refractivity contribution in [2.24, 2.45) is 0 Å². The quantitative estimate of drug-likeness (QED) is 0.792. The molecule has 0 heterocycles. The van der Waals surface area contributed by atoms with Crippen molar-refractivity contribution in [2.75, 3.05) is 13.6 Å². The SMILES string of the molecule is CNCCC(F)(F)c1ccc(F)cc1. The first-order valence-electron chi connectivity index (χ1n) is 4.35. The number of hydrogen-bond donors (Lipinski definition) is 1. The van der Waals surface area contributed by atoms with Crippen molar-refractivity contribution < 1.29 is 13.2 Å². The van der Waals surface area contributed by atoms with E-state index in [2.05, 4.69) is 5.32 Å². The lowest BCUT2D eigenvalue weighted by atomic mass is 10.1. The van der Waals surface area contributed by atoms with E-state index in [-0.39, 0.29) is 18.5 Å². The Bertz CT molecular complexity index is 282. The smallest absolute Gasteiger partial charge is 0.274 e. The largest absolute Gasteiger partial charge is 0.320 e. The fraction of sp³-hybridized carbons (Fsp3) is 0.400. The van der Waals surface area contributed by atoms with Crippen LogP contribution in [-0.4, -0.2) is 13.6 Å². The summed E-state index contributed by atoms with van der Waals surface area (Å²) in [5.74, 6) is -3.39. The number of halogens is 3. The maximum Gasteiger partial charge on any atom is 0.274 e. The van der Waals surface area contributed by atoms with Crippen LogP contribution in [0, 0.1) is 5.82 Å². The third-order valence-electron chi connectivity index (χ3n) is 1.96.